The first-order valence-corrected chi connectivity index (χ1v) is 3.54. The Kier molecular flexibility index (Phi) is 1.02. The van der Waals surface area contributed by atoms with E-state index in [0.717, 1.165) is 5.92 Å². The molecule has 2 aliphatic heterocycles. The van der Waals surface area contributed by atoms with E-state index in [-0.39, 0.29) is 0 Å². The summed E-state index contributed by atoms with van der Waals surface area (Å²) in [4.78, 5) is 0. The van der Waals surface area contributed by atoms with Gasteiger partial charge in [-0.2, -0.15) is 5.43 Å². The van der Waals surface area contributed by atoms with E-state index in [4.69, 9.17) is 0 Å². The first kappa shape index (κ1) is 4.77. The zero-order valence-electron chi connectivity index (χ0n) is 5.11. The van der Waals surface area contributed by atoms with Crippen LogP contribution in [0.15, 0.2) is 0 Å². The van der Waals surface area contributed by atoms with Crippen molar-refractivity contribution in [2.45, 2.75) is 12.8 Å². The molecule has 2 rings (SSSR count). The van der Waals surface area contributed by atoms with Gasteiger partial charge in [0.1, 0.15) is 0 Å². The molecule has 2 atom stereocenters. The minimum Gasteiger partial charge on any atom is -0.257 e. The van der Waals surface area contributed by atoms with E-state index in [1.165, 1.54) is 32.5 Å². The molecule has 2 heterocycles. The first-order valence-electron chi connectivity index (χ1n) is 3.54. The summed E-state index contributed by atoms with van der Waals surface area (Å²) in [6.07, 6.45) is 2.88. The molecule has 2 N–H and O–H groups in total. The topological polar surface area (TPSA) is 16.5 Å². The molecule has 0 radical (unpaired) electrons. The maximum absolute atomic E-state index is 3.43. The molecule has 2 unspecified atom stereocenters. The first-order chi connectivity index (χ1) is 3.95. The normalized spacial score (nSPS) is 45.0. The van der Waals surface area contributed by atoms with Crippen LogP contribution in [0.3, 0.4) is 0 Å². The summed E-state index contributed by atoms with van der Waals surface area (Å²) in [6.45, 7) is 4.00. The van der Waals surface area contributed by atoms with Gasteiger partial charge in [0.05, 0.1) is 13.1 Å². The Balaban J connectivity index is 2.03. The van der Waals surface area contributed by atoms with Crippen molar-refractivity contribution in [1.29, 1.82) is 0 Å². The van der Waals surface area contributed by atoms with Gasteiger partial charge in [0, 0.05) is 18.9 Å². The van der Waals surface area contributed by atoms with Crippen LogP contribution in [-0.2, 0) is 0 Å². The second-order valence-electron chi connectivity index (χ2n) is 2.93. The van der Waals surface area contributed by atoms with Gasteiger partial charge in [-0.25, -0.2) is 0 Å². The lowest BCUT2D eigenvalue weighted by Gasteiger charge is -2.18. The fourth-order valence-electron chi connectivity index (χ4n) is 1.79. The van der Waals surface area contributed by atoms with E-state index in [1.807, 2.05) is 0 Å². The van der Waals surface area contributed by atoms with Crippen LogP contribution in [0.1, 0.15) is 12.8 Å². The van der Waals surface area contributed by atoms with Crippen LogP contribution >= 0.6 is 0 Å². The summed E-state index contributed by atoms with van der Waals surface area (Å²) in [6, 6.07) is 0. The van der Waals surface area contributed by atoms with Crippen molar-refractivity contribution in [2.24, 2.45) is 5.92 Å². The van der Waals surface area contributed by atoms with Gasteiger partial charge >= 0.3 is 0 Å². The van der Waals surface area contributed by atoms with Crippen molar-refractivity contribution in [3.8, 4) is 0 Å². The van der Waals surface area contributed by atoms with Crippen molar-refractivity contribution in [1.82, 2.24) is 5.43 Å². The smallest absolute Gasteiger partial charge is 0.0977 e. The summed E-state index contributed by atoms with van der Waals surface area (Å²) in [5.41, 5.74) is 3.43. The monoisotopic (exact) mass is 113 g/mol. The van der Waals surface area contributed by atoms with Gasteiger partial charge in [-0.3, -0.25) is 5.01 Å². The molecule has 2 aliphatic rings. The number of nitrogens with one attached hydrogen (secondary N) is 2. The highest BCUT2D eigenvalue weighted by atomic mass is 15.5. The van der Waals surface area contributed by atoms with Crippen molar-refractivity contribution in [3.63, 3.8) is 0 Å². The Morgan fingerprint density at radius 1 is 1.38 bits per heavy atom. The highest BCUT2D eigenvalue weighted by Gasteiger charge is 2.29. The quantitative estimate of drug-likeness (QED) is 0.403. The SMILES string of the molecule is C1CC2CC[NH+](C2)N1. The van der Waals surface area contributed by atoms with Crippen LogP contribution < -0.4 is 10.4 Å². The molecular weight excluding hydrogens is 100 g/mol. The molecule has 2 fully saturated rings. The van der Waals surface area contributed by atoms with E-state index >= 15 is 0 Å². The Morgan fingerprint density at radius 3 is 3.12 bits per heavy atom. The lowest BCUT2D eigenvalue weighted by atomic mass is 10.1. The van der Waals surface area contributed by atoms with Crippen molar-refractivity contribution in [2.75, 3.05) is 19.6 Å². The van der Waals surface area contributed by atoms with Crippen LogP contribution in [-0.4, -0.2) is 19.6 Å². The lowest BCUT2D eigenvalue weighted by Crippen LogP contribution is -3.17. The minimum absolute atomic E-state index is 1.06. The van der Waals surface area contributed by atoms with Crippen LogP contribution in [0.5, 0.6) is 0 Å². The molecule has 0 amide bonds. The number of fused-ring (bicyclic) bond motifs is 2. The van der Waals surface area contributed by atoms with E-state index in [9.17, 15) is 0 Å². The highest BCUT2D eigenvalue weighted by molar-refractivity contribution is 4.65. The number of rotatable bonds is 0. The van der Waals surface area contributed by atoms with E-state index < -0.39 is 0 Å². The number of quaternary nitrogens is 1. The van der Waals surface area contributed by atoms with Crippen molar-refractivity contribution in [3.05, 3.63) is 0 Å². The summed E-state index contributed by atoms with van der Waals surface area (Å²) >= 11 is 0. The standard InChI is InChI=1S/C6H12N2/c1-3-7-8-4-2-6(1)5-8/h6-7H,1-5H2/p+1. The summed E-state index contributed by atoms with van der Waals surface area (Å²) < 4.78 is 0. The second kappa shape index (κ2) is 1.71. The summed E-state index contributed by atoms with van der Waals surface area (Å²) in [7, 11) is 0. The second-order valence-corrected chi connectivity index (χ2v) is 2.93. The fraction of sp³-hybridized carbons (Fsp3) is 1.00. The Hall–Kier alpha value is -0.0800. The third kappa shape index (κ3) is 0.644. The van der Waals surface area contributed by atoms with Gasteiger partial charge in [0.25, 0.3) is 0 Å². The molecule has 2 bridgehead atoms. The van der Waals surface area contributed by atoms with Crippen LogP contribution in [0, 0.1) is 5.92 Å². The van der Waals surface area contributed by atoms with Gasteiger partial charge < -0.3 is 0 Å². The molecule has 0 spiro atoms. The molecule has 2 heteroatoms. The maximum Gasteiger partial charge on any atom is 0.0977 e. The lowest BCUT2D eigenvalue weighted by molar-refractivity contribution is -0.938. The third-order valence-electron chi connectivity index (χ3n) is 2.32. The molecule has 0 saturated carbocycles. The zero-order valence-corrected chi connectivity index (χ0v) is 5.11. The molecule has 2 nitrogen and oxygen atoms in total. The molecule has 8 heavy (non-hydrogen) atoms. The fourth-order valence-corrected chi connectivity index (χ4v) is 1.79. The Bertz CT molecular complexity index is 78.5. The molecule has 0 aromatic heterocycles. The Morgan fingerprint density at radius 2 is 2.38 bits per heavy atom. The molecular formula is C6H13N2+. The van der Waals surface area contributed by atoms with Gasteiger partial charge in [0.15, 0.2) is 0 Å². The van der Waals surface area contributed by atoms with Crippen molar-refractivity contribution >= 4 is 0 Å². The predicted molar refractivity (Wildman–Crippen MR) is 31.4 cm³/mol. The zero-order chi connectivity index (χ0) is 5.40. The molecule has 0 aliphatic carbocycles. The number of hydrogen-bond donors (Lipinski definition) is 2. The van der Waals surface area contributed by atoms with E-state index in [1.54, 1.807) is 5.01 Å². The predicted octanol–water partition coefficient (Wildman–Crippen LogP) is -1.20. The molecule has 0 aromatic rings. The van der Waals surface area contributed by atoms with E-state index in [0.29, 0.717) is 0 Å². The van der Waals surface area contributed by atoms with Crippen molar-refractivity contribution < 1.29 is 5.01 Å². The van der Waals surface area contributed by atoms with Gasteiger partial charge in [-0.15, -0.1) is 0 Å². The van der Waals surface area contributed by atoms with E-state index in [2.05, 4.69) is 5.43 Å². The largest absolute Gasteiger partial charge is 0.257 e. The highest BCUT2D eigenvalue weighted by Crippen LogP contribution is 2.09. The molecule has 46 valence electrons. The van der Waals surface area contributed by atoms with Crippen LogP contribution in [0.25, 0.3) is 0 Å². The molecule has 2 saturated heterocycles. The van der Waals surface area contributed by atoms with Gasteiger partial charge in [0.2, 0.25) is 0 Å². The Labute approximate surface area is 49.8 Å². The van der Waals surface area contributed by atoms with Crippen LogP contribution in [0.4, 0.5) is 0 Å². The third-order valence-corrected chi connectivity index (χ3v) is 2.32. The van der Waals surface area contributed by atoms with Crippen LogP contribution in [0.2, 0.25) is 0 Å². The summed E-state index contributed by atoms with van der Waals surface area (Å²) in [5.74, 6) is 1.06. The molecule has 0 aromatic carbocycles. The van der Waals surface area contributed by atoms with Gasteiger partial charge in [-0.1, -0.05) is 0 Å². The van der Waals surface area contributed by atoms with Gasteiger partial charge in [-0.05, 0) is 6.42 Å². The minimum atomic E-state index is 1.06. The number of hydrogen-bond acceptors (Lipinski definition) is 1. The average Bonchev–Trinajstić information content (AvgIpc) is 2.12. The maximum atomic E-state index is 3.43. The summed E-state index contributed by atoms with van der Waals surface area (Å²) in [5, 5.41) is 1.63. The average molecular weight is 113 g/mol.